The van der Waals surface area contributed by atoms with Gasteiger partial charge in [-0.3, -0.25) is 4.68 Å². The van der Waals surface area contributed by atoms with E-state index in [1.54, 1.807) is 13.4 Å². The molecule has 1 atom stereocenters. The molecule has 0 spiro atoms. The van der Waals surface area contributed by atoms with Crippen molar-refractivity contribution >= 4 is 0 Å². The Bertz CT molecular complexity index is 524. The number of ether oxygens (including phenoxy) is 1. The Hall–Kier alpha value is -1.88. The Morgan fingerprint density at radius 2 is 2.26 bits per heavy atom. The molecule has 1 heterocycles. The predicted octanol–water partition coefficient (Wildman–Crippen LogP) is 1.94. The molecule has 0 fully saturated rings. The van der Waals surface area contributed by atoms with Gasteiger partial charge >= 0.3 is 0 Å². The fourth-order valence-electron chi connectivity index (χ4n) is 2.03. The van der Waals surface area contributed by atoms with Gasteiger partial charge in [0.1, 0.15) is 17.9 Å². The number of hydrogen-bond acceptors (Lipinski definition) is 4. The predicted molar refractivity (Wildman–Crippen MR) is 73.9 cm³/mol. The minimum Gasteiger partial charge on any atom is -0.497 e. The molecule has 5 nitrogen and oxygen atoms in total. The molecule has 0 saturated carbocycles. The highest BCUT2D eigenvalue weighted by molar-refractivity contribution is 5.30. The largest absolute Gasteiger partial charge is 0.497 e. The molecule has 0 saturated heterocycles. The van der Waals surface area contributed by atoms with Crippen LogP contribution in [0.5, 0.6) is 5.75 Å². The highest BCUT2D eigenvalue weighted by Crippen LogP contribution is 2.20. The summed E-state index contributed by atoms with van der Waals surface area (Å²) in [7, 11) is 1.66. The van der Waals surface area contributed by atoms with Gasteiger partial charge in [-0.25, -0.2) is 4.98 Å². The molecule has 0 aliphatic rings. The Morgan fingerprint density at radius 3 is 3.00 bits per heavy atom. The first-order chi connectivity index (χ1) is 9.24. The SMILES string of the molecule is CCCn1ncnc1CC(N)c1cccc(OC)c1. The van der Waals surface area contributed by atoms with Crippen molar-refractivity contribution in [3.8, 4) is 5.75 Å². The van der Waals surface area contributed by atoms with Crippen LogP contribution in [-0.4, -0.2) is 21.9 Å². The standard InChI is InChI=1S/C14H20N4O/c1-3-7-18-14(16-10-17-18)9-13(15)11-5-4-6-12(8-11)19-2/h4-6,8,10,13H,3,7,9,15H2,1-2H3. The molecular formula is C14H20N4O. The Morgan fingerprint density at radius 1 is 1.42 bits per heavy atom. The van der Waals surface area contributed by atoms with Crippen LogP contribution >= 0.6 is 0 Å². The summed E-state index contributed by atoms with van der Waals surface area (Å²) < 4.78 is 7.13. The molecule has 1 unspecified atom stereocenters. The number of methoxy groups -OCH3 is 1. The molecule has 0 bridgehead atoms. The van der Waals surface area contributed by atoms with Crippen LogP contribution in [0.1, 0.15) is 30.8 Å². The third-order valence-electron chi connectivity index (χ3n) is 3.06. The minimum absolute atomic E-state index is 0.102. The first-order valence-corrected chi connectivity index (χ1v) is 6.50. The van der Waals surface area contributed by atoms with E-state index < -0.39 is 0 Å². The second kappa shape index (κ2) is 6.33. The zero-order valence-corrected chi connectivity index (χ0v) is 11.4. The quantitative estimate of drug-likeness (QED) is 0.862. The topological polar surface area (TPSA) is 66.0 Å². The van der Waals surface area contributed by atoms with Gasteiger partial charge in [0.25, 0.3) is 0 Å². The Labute approximate surface area is 113 Å². The highest BCUT2D eigenvalue weighted by atomic mass is 16.5. The molecule has 0 amide bonds. The maximum atomic E-state index is 6.24. The van der Waals surface area contributed by atoms with Crippen LogP contribution in [0.15, 0.2) is 30.6 Å². The van der Waals surface area contributed by atoms with Crippen LogP contribution in [-0.2, 0) is 13.0 Å². The minimum atomic E-state index is -0.102. The molecule has 0 radical (unpaired) electrons. The van der Waals surface area contributed by atoms with E-state index in [0.717, 1.165) is 30.1 Å². The molecule has 0 aliphatic heterocycles. The van der Waals surface area contributed by atoms with E-state index in [4.69, 9.17) is 10.5 Å². The molecule has 5 heteroatoms. The van der Waals surface area contributed by atoms with Crippen molar-refractivity contribution < 1.29 is 4.74 Å². The van der Waals surface area contributed by atoms with Crippen LogP contribution in [0.3, 0.4) is 0 Å². The van der Waals surface area contributed by atoms with Crippen LogP contribution in [0.4, 0.5) is 0 Å². The summed E-state index contributed by atoms with van der Waals surface area (Å²) >= 11 is 0. The van der Waals surface area contributed by atoms with Crippen molar-refractivity contribution in [2.45, 2.75) is 32.4 Å². The fourth-order valence-corrected chi connectivity index (χ4v) is 2.03. The average Bonchev–Trinajstić information content (AvgIpc) is 2.86. The van der Waals surface area contributed by atoms with Gasteiger partial charge in [-0.15, -0.1) is 0 Å². The second-order valence-corrected chi connectivity index (χ2v) is 4.49. The molecule has 102 valence electrons. The molecule has 1 aromatic carbocycles. The van der Waals surface area contributed by atoms with Gasteiger partial charge in [0.2, 0.25) is 0 Å². The number of benzene rings is 1. The number of aromatic nitrogens is 3. The number of aryl methyl sites for hydroxylation is 1. The van der Waals surface area contributed by atoms with Crippen molar-refractivity contribution in [2.24, 2.45) is 5.73 Å². The average molecular weight is 260 g/mol. The number of nitrogens with two attached hydrogens (primary N) is 1. The smallest absolute Gasteiger partial charge is 0.138 e. The van der Waals surface area contributed by atoms with Crippen molar-refractivity contribution in [3.63, 3.8) is 0 Å². The van der Waals surface area contributed by atoms with Crippen molar-refractivity contribution in [3.05, 3.63) is 42.0 Å². The van der Waals surface area contributed by atoms with Crippen molar-refractivity contribution in [1.82, 2.24) is 14.8 Å². The number of rotatable bonds is 6. The van der Waals surface area contributed by atoms with E-state index in [1.165, 1.54) is 0 Å². The van der Waals surface area contributed by atoms with Gasteiger partial charge in [0.15, 0.2) is 0 Å². The number of nitrogens with zero attached hydrogens (tertiary/aromatic N) is 3. The van der Waals surface area contributed by atoms with Crippen LogP contribution in [0.2, 0.25) is 0 Å². The summed E-state index contributed by atoms with van der Waals surface area (Å²) in [6, 6.07) is 7.73. The van der Waals surface area contributed by atoms with Crippen molar-refractivity contribution in [1.29, 1.82) is 0 Å². The maximum Gasteiger partial charge on any atom is 0.138 e. The molecule has 2 aromatic rings. The summed E-state index contributed by atoms with van der Waals surface area (Å²) in [6.07, 6.45) is 3.29. The van der Waals surface area contributed by atoms with Gasteiger partial charge in [-0.2, -0.15) is 5.10 Å². The monoisotopic (exact) mass is 260 g/mol. The molecule has 0 aliphatic carbocycles. The zero-order chi connectivity index (χ0) is 13.7. The number of hydrogen-bond donors (Lipinski definition) is 1. The third-order valence-corrected chi connectivity index (χ3v) is 3.06. The van der Waals surface area contributed by atoms with Gasteiger partial charge in [-0.1, -0.05) is 19.1 Å². The van der Waals surface area contributed by atoms with E-state index in [1.807, 2.05) is 28.9 Å². The lowest BCUT2D eigenvalue weighted by atomic mass is 10.0. The normalized spacial score (nSPS) is 12.4. The van der Waals surface area contributed by atoms with Gasteiger partial charge in [0.05, 0.1) is 7.11 Å². The Kier molecular flexibility index (Phi) is 4.52. The van der Waals surface area contributed by atoms with E-state index in [9.17, 15) is 0 Å². The zero-order valence-electron chi connectivity index (χ0n) is 11.4. The van der Waals surface area contributed by atoms with E-state index >= 15 is 0 Å². The van der Waals surface area contributed by atoms with Gasteiger partial charge < -0.3 is 10.5 Å². The summed E-state index contributed by atoms with van der Waals surface area (Å²) in [5.74, 6) is 1.75. The lowest BCUT2D eigenvalue weighted by Crippen LogP contribution is -2.17. The van der Waals surface area contributed by atoms with E-state index in [2.05, 4.69) is 17.0 Å². The fraction of sp³-hybridized carbons (Fsp3) is 0.429. The summed E-state index contributed by atoms with van der Waals surface area (Å²) in [4.78, 5) is 4.28. The van der Waals surface area contributed by atoms with E-state index in [-0.39, 0.29) is 6.04 Å². The summed E-state index contributed by atoms with van der Waals surface area (Å²) in [6.45, 7) is 2.99. The molecule has 2 rings (SSSR count). The third kappa shape index (κ3) is 3.32. The lowest BCUT2D eigenvalue weighted by molar-refractivity contribution is 0.413. The van der Waals surface area contributed by atoms with Crippen LogP contribution in [0, 0.1) is 0 Å². The Balaban J connectivity index is 2.11. The van der Waals surface area contributed by atoms with Gasteiger partial charge in [-0.05, 0) is 24.1 Å². The second-order valence-electron chi connectivity index (χ2n) is 4.49. The summed E-state index contributed by atoms with van der Waals surface area (Å²) in [5.41, 5.74) is 7.28. The van der Waals surface area contributed by atoms with Gasteiger partial charge in [0, 0.05) is 19.0 Å². The highest BCUT2D eigenvalue weighted by Gasteiger charge is 2.12. The first-order valence-electron chi connectivity index (χ1n) is 6.50. The molecule has 19 heavy (non-hydrogen) atoms. The molecule has 1 aromatic heterocycles. The summed E-state index contributed by atoms with van der Waals surface area (Å²) in [5, 5.41) is 4.21. The van der Waals surface area contributed by atoms with Crippen LogP contribution in [0.25, 0.3) is 0 Å². The van der Waals surface area contributed by atoms with Crippen molar-refractivity contribution in [2.75, 3.05) is 7.11 Å². The lowest BCUT2D eigenvalue weighted by Gasteiger charge is -2.13. The first kappa shape index (κ1) is 13.5. The molecule has 2 N–H and O–H groups in total. The molecular weight excluding hydrogens is 240 g/mol. The van der Waals surface area contributed by atoms with E-state index in [0.29, 0.717) is 6.42 Å². The maximum absolute atomic E-state index is 6.24. The van der Waals surface area contributed by atoms with Crippen LogP contribution < -0.4 is 10.5 Å².